The molecule has 3 saturated heterocycles. The number of hydrogen-bond acceptors (Lipinski definition) is 6. The summed E-state index contributed by atoms with van der Waals surface area (Å²) in [4.78, 5) is 43.7. The molecule has 0 aliphatic carbocycles. The molecule has 5 atom stereocenters. The predicted octanol–water partition coefficient (Wildman–Crippen LogP) is 1.90. The number of esters is 1. The van der Waals surface area contributed by atoms with Crippen LogP contribution in [0.5, 0.6) is 0 Å². The Balaban J connectivity index is 1.93. The van der Waals surface area contributed by atoms with E-state index in [0.29, 0.717) is 45.3 Å². The highest BCUT2D eigenvalue weighted by Gasteiger charge is 2.74. The minimum Gasteiger partial charge on any atom is -0.466 e. The Labute approximate surface area is 190 Å². The first-order valence-electron chi connectivity index (χ1n) is 12.1. The lowest BCUT2D eigenvalue weighted by atomic mass is 9.70. The maximum Gasteiger partial charge on any atom is 0.312 e. The smallest absolute Gasteiger partial charge is 0.312 e. The Hall–Kier alpha value is -1.93. The topological polar surface area (TPSA) is 96.4 Å². The van der Waals surface area contributed by atoms with Gasteiger partial charge in [0.15, 0.2) is 0 Å². The Kier molecular flexibility index (Phi) is 8.33. The fraction of sp³-hybridized carbons (Fsp3) is 0.792. The van der Waals surface area contributed by atoms with Crippen LogP contribution in [0.25, 0.3) is 0 Å². The number of fused-ring (bicyclic) bond motifs is 1. The molecule has 180 valence electrons. The van der Waals surface area contributed by atoms with Crippen LogP contribution in [0.1, 0.15) is 58.8 Å². The van der Waals surface area contributed by atoms with Crippen LogP contribution in [0.2, 0.25) is 0 Å². The van der Waals surface area contributed by atoms with E-state index < -0.39 is 29.4 Å². The molecule has 0 aromatic heterocycles. The van der Waals surface area contributed by atoms with E-state index in [-0.39, 0.29) is 31.1 Å². The van der Waals surface area contributed by atoms with Crippen LogP contribution >= 0.6 is 0 Å². The highest BCUT2D eigenvalue weighted by atomic mass is 16.6. The number of rotatable bonds is 13. The monoisotopic (exact) mass is 450 g/mol. The number of ether oxygens (including phenoxy) is 2. The van der Waals surface area contributed by atoms with Gasteiger partial charge < -0.3 is 24.4 Å². The number of nitrogens with zero attached hydrogens (tertiary/aromatic N) is 2. The molecule has 2 unspecified atom stereocenters. The first-order valence-corrected chi connectivity index (χ1v) is 12.1. The molecule has 3 rings (SSSR count). The van der Waals surface area contributed by atoms with Gasteiger partial charge in [0.25, 0.3) is 0 Å². The number of aliphatic hydroxyl groups excluding tert-OH is 1. The molecule has 3 aliphatic rings. The van der Waals surface area contributed by atoms with E-state index in [4.69, 9.17) is 9.47 Å². The minimum absolute atomic E-state index is 0.0266. The van der Waals surface area contributed by atoms with Crippen molar-refractivity contribution in [1.82, 2.24) is 9.80 Å². The lowest BCUT2D eigenvalue weighted by Crippen LogP contribution is -2.56. The molecule has 8 nitrogen and oxygen atoms in total. The van der Waals surface area contributed by atoms with E-state index in [1.807, 2.05) is 0 Å². The zero-order valence-electron chi connectivity index (χ0n) is 19.5. The number of aliphatic hydroxyl groups is 1. The summed E-state index contributed by atoms with van der Waals surface area (Å²) < 4.78 is 11.7. The summed E-state index contributed by atoms with van der Waals surface area (Å²) in [5.41, 5.74) is -0.986. The van der Waals surface area contributed by atoms with Crippen LogP contribution in [-0.2, 0) is 23.9 Å². The SMILES string of the molecule is C=CCN(CCCCC)C(=O)C1N(CCCCO)C(=O)[C@@H]2[C@@H](C(=O)OCC)[C@H]3CCC12O3. The normalized spacial score (nSPS) is 30.5. The largest absolute Gasteiger partial charge is 0.466 e. The van der Waals surface area contributed by atoms with Gasteiger partial charge in [0.2, 0.25) is 11.8 Å². The van der Waals surface area contributed by atoms with Gasteiger partial charge in [-0.1, -0.05) is 25.8 Å². The number of carbonyl (C=O) groups is 3. The molecule has 8 heteroatoms. The van der Waals surface area contributed by atoms with Crippen molar-refractivity contribution in [2.24, 2.45) is 11.8 Å². The molecule has 3 heterocycles. The van der Waals surface area contributed by atoms with E-state index in [9.17, 15) is 19.5 Å². The zero-order valence-corrected chi connectivity index (χ0v) is 19.5. The second-order valence-corrected chi connectivity index (χ2v) is 9.05. The summed E-state index contributed by atoms with van der Waals surface area (Å²) in [6.45, 7) is 9.29. The lowest BCUT2D eigenvalue weighted by Gasteiger charge is -2.36. The van der Waals surface area contributed by atoms with E-state index in [0.717, 1.165) is 19.3 Å². The second kappa shape index (κ2) is 10.8. The van der Waals surface area contributed by atoms with Gasteiger partial charge >= 0.3 is 5.97 Å². The molecule has 32 heavy (non-hydrogen) atoms. The number of carbonyl (C=O) groups excluding carboxylic acids is 3. The van der Waals surface area contributed by atoms with Crippen LogP contribution in [-0.4, -0.2) is 83.3 Å². The van der Waals surface area contributed by atoms with Gasteiger partial charge in [0.05, 0.1) is 24.5 Å². The summed E-state index contributed by atoms with van der Waals surface area (Å²) in [6.07, 6.45) is 6.61. The van der Waals surface area contributed by atoms with Crippen molar-refractivity contribution >= 4 is 17.8 Å². The molecule has 2 amide bonds. The van der Waals surface area contributed by atoms with Gasteiger partial charge in [0.1, 0.15) is 11.6 Å². The standard InChI is InChI=1S/C24H38N2O6/c1-4-7-8-14-25(13-5-2)22(29)20-24-12-11-17(32-24)18(23(30)31-6-3)19(24)21(28)26(20)15-9-10-16-27/h5,17-20,27H,2,4,6-16H2,1,3H3/t17-,18+,19+,20?,24?/m1/s1. The molecule has 0 radical (unpaired) electrons. The van der Waals surface area contributed by atoms with Crippen molar-refractivity contribution in [1.29, 1.82) is 0 Å². The van der Waals surface area contributed by atoms with Crippen LogP contribution in [0.3, 0.4) is 0 Å². The van der Waals surface area contributed by atoms with Crippen LogP contribution in [0.15, 0.2) is 12.7 Å². The summed E-state index contributed by atoms with van der Waals surface area (Å²) in [7, 11) is 0. The van der Waals surface area contributed by atoms with Crippen molar-refractivity contribution < 1.29 is 29.0 Å². The average molecular weight is 451 g/mol. The summed E-state index contributed by atoms with van der Waals surface area (Å²) in [6, 6.07) is -0.760. The quantitative estimate of drug-likeness (QED) is 0.262. The van der Waals surface area contributed by atoms with Crippen molar-refractivity contribution in [3.63, 3.8) is 0 Å². The summed E-state index contributed by atoms with van der Waals surface area (Å²) in [5, 5.41) is 9.22. The predicted molar refractivity (Wildman–Crippen MR) is 119 cm³/mol. The average Bonchev–Trinajstić information content (AvgIpc) is 3.41. The fourth-order valence-corrected chi connectivity index (χ4v) is 5.75. The third-order valence-corrected chi connectivity index (χ3v) is 7.09. The van der Waals surface area contributed by atoms with Crippen molar-refractivity contribution in [2.45, 2.75) is 76.5 Å². The third-order valence-electron chi connectivity index (χ3n) is 7.09. The van der Waals surface area contributed by atoms with Crippen LogP contribution < -0.4 is 0 Å². The maximum atomic E-state index is 13.9. The Morgan fingerprint density at radius 3 is 2.75 bits per heavy atom. The number of unbranched alkanes of at least 4 members (excludes halogenated alkanes) is 3. The number of likely N-dealkylation sites (tertiary alicyclic amines) is 1. The zero-order chi connectivity index (χ0) is 23.3. The highest BCUT2D eigenvalue weighted by Crippen LogP contribution is 2.58. The van der Waals surface area contributed by atoms with Gasteiger partial charge in [-0.25, -0.2) is 0 Å². The van der Waals surface area contributed by atoms with Crippen molar-refractivity contribution in [3.05, 3.63) is 12.7 Å². The molecular weight excluding hydrogens is 412 g/mol. The molecule has 0 saturated carbocycles. The summed E-state index contributed by atoms with van der Waals surface area (Å²) in [5.74, 6) is -2.10. The van der Waals surface area contributed by atoms with Gasteiger partial charge in [-0.15, -0.1) is 6.58 Å². The van der Waals surface area contributed by atoms with Gasteiger partial charge in [-0.2, -0.15) is 0 Å². The molecule has 1 spiro atoms. The first kappa shape index (κ1) is 24.7. The number of amides is 2. The van der Waals surface area contributed by atoms with Gasteiger partial charge in [0, 0.05) is 26.2 Å². The van der Waals surface area contributed by atoms with E-state index in [1.54, 1.807) is 22.8 Å². The van der Waals surface area contributed by atoms with Crippen LogP contribution in [0, 0.1) is 11.8 Å². The maximum absolute atomic E-state index is 13.9. The molecule has 1 N–H and O–H groups in total. The van der Waals surface area contributed by atoms with E-state index in [1.165, 1.54) is 0 Å². The minimum atomic E-state index is -0.986. The van der Waals surface area contributed by atoms with E-state index in [2.05, 4.69) is 13.5 Å². The lowest BCUT2D eigenvalue weighted by molar-refractivity contribution is -0.155. The number of hydrogen-bond donors (Lipinski definition) is 1. The van der Waals surface area contributed by atoms with Crippen LogP contribution in [0.4, 0.5) is 0 Å². The molecule has 2 bridgehead atoms. The molecule has 0 aromatic carbocycles. The fourth-order valence-electron chi connectivity index (χ4n) is 5.75. The Morgan fingerprint density at radius 2 is 2.09 bits per heavy atom. The second-order valence-electron chi connectivity index (χ2n) is 9.05. The molecule has 3 aliphatic heterocycles. The van der Waals surface area contributed by atoms with Crippen molar-refractivity contribution in [2.75, 3.05) is 32.8 Å². The van der Waals surface area contributed by atoms with Crippen molar-refractivity contribution in [3.8, 4) is 0 Å². The molecular formula is C24H38N2O6. The van der Waals surface area contributed by atoms with Gasteiger partial charge in [-0.3, -0.25) is 14.4 Å². The van der Waals surface area contributed by atoms with E-state index >= 15 is 0 Å². The van der Waals surface area contributed by atoms with Gasteiger partial charge in [-0.05, 0) is 39.0 Å². The summed E-state index contributed by atoms with van der Waals surface area (Å²) >= 11 is 0. The highest BCUT2D eigenvalue weighted by molar-refractivity contribution is 5.98. The molecule has 0 aromatic rings. The first-order chi connectivity index (χ1) is 15.5. The molecule has 3 fully saturated rings. The Morgan fingerprint density at radius 1 is 1.31 bits per heavy atom. The third kappa shape index (κ3) is 4.31. The Bertz CT molecular complexity index is 713.